The number of ether oxygens (including phenoxy) is 1. The summed E-state index contributed by atoms with van der Waals surface area (Å²) in [6.07, 6.45) is 4.07. The van der Waals surface area contributed by atoms with E-state index in [1.807, 2.05) is 0 Å². The summed E-state index contributed by atoms with van der Waals surface area (Å²) in [6.45, 7) is 6.44. The summed E-state index contributed by atoms with van der Waals surface area (Å²) in [5.41, 5.74) is 0.617. The second kappa shape index (κ2) is 5.38. The van der Waals surface area contributed by atoms with Crippen LogP contribution in [-0.2, 0) is 9.53 Å². The number of phenols is 1. The lowest BCUT2D eigenvalue weighted by Crippen LogP contribution is -2.39. The van der Waals surface area contributed by atoms with Crippen LogP contribution in [0.15, 0.2) is 30.3 Å². The molecule has 0 radical (unpaired) electrons. The molecule has 4 atom stereocenters. The molecule has 124 valence electrons. The van der Waals surface area contributed by atoms with E-state index in [1.54, 1.807) is 30.3 Å². The third-order valence-electron chi connectivity index (χ3n) is 6.24. The molecule has 0 saturated heterocycles. The molecular formula is C19H24O4. The lowest BCUT2D eigenvalue weighted by molar-refractivity contribution is -0.151. The number of phenolic OH excluding ortho intramolecular Hbond substituents is 1. The zero-order chi connectivity index (χ0) is 16.8. The fraction of sp³-hybridized carbons (Fsp3) is 0.526. The van der Waals surface area contributed by atoms with E-state index in [4.69, 9.17) is 4.74 Å². The number of fused-ring (bicyclic) bond motifs is 2. The number of aromatic hydroxyl groups is 1. The minimum Gasteiger partial charge on any atom is -0.508 e. The van der Waals surface area contributed by atoms with Gasteiger partial charge in [0.05, 0.1) is 6.10 Å². The first-order chi connectivity index (χ1) is 10.7. The van der Waals surface area contributed by atoms with Crippen molar-refractivity contribution in [3.05, 3.63) is 35.9 Å². The van der Waals surface area contributed by atoms with Gasteiger partial charge in [0, 0.05) is 11.5 Å². The Morgan fingerprint density at radius 3 is 2.43 bits per heavy atom. The monoisotopic (exact) mass is 316 g/mol. The molecule has 2 saturated carbocycles. The normalized spacial score (nSPS) is 34.9. The van der Waals surface area contributed by atoms with Crippen molar-refractivity contribution in [1.82, 2.24) is 0 Å². The topological polar surface area (TPSA) is 66.8 Å². The van der Waals surface area contributed by atoms with Gasteiger partial charge < -0.3 is 14.9 Å². The van der Waals surface area contributed by atoms with Crippen LogP contribution in [0.3, 0.4) is 0 Å². The maximum Gasteiger partial charge on any atom is 0.331 e. The van der Waals surface area contributed by atoms with Gasteiger partial charge in [0.15, 0.2) is 0 Å². The highest BCUT2D eigenvalue weighted by atomic mass is 16.5. The van der Waals surface area contributed by atoms with Gasteiger partial charge in [-0.1, -0.05) is 32.9 Å². The lowest BCUT2D eigenvalue weighted by atomic mass is 9.70. The average molecular weight is 316 g/mol. The summed E-state index contributed by atoms with van der Waals surface area (Å²) in [4.78, 5) is 12.1. The average Bonchev–Trinajstić information content (AvgIpc) is 2.77. The zero-order valence-electron chi connectivity index (χ0n) is 13.8. The van der Waals surface area contributed by atoms with E-state index in [-0.39, 0.29) is 40.7 Å². The van der Waals surface area contributed by atoms with E-state index >= 15 is 0 Å². The van der Waals surface area contributed by atoms with Crippen molar-refractivity contribution in [2.75, 3.05) is 0 Å². The van der Waals surface area contributed by atoms with Gasteiger partial charge in [-0.3, -0.25) is 0 Å². The zero-order valence-corrected chi connectivity index (χ0v) is 13.8. The molecule has 4 nitrogen and oxygen atoms in total. The van der Waals surface area contributed by atoms with Crippen molar-refractivity contribution in [3.63, 3.8) is 0 Å². The molecule has 3 rings (SSSR count). The molecule has 2 fully saturated rings. The summed E-state index contributed by atoms with van der Waals surface area (Å²) in [5, 5.41) is 19.4. The molecule has 0 heterocycles. The Labute approximate surface area is 136 Å². The molecule has 0 spiro atoms. The van der Waals surface area contributed by atoms with Crippen LogP contribution >= 0.6 is 0 Å². The van der Waals surface area contributed by atoms with Gasteiger partial charge >= 0.3 is 5.97 Å². The Morgan fingerprint density at radius 1 is 1.26 bits per heavy atom. The SMILES string of the molecule is CC1(C)[C@H]2C[C@H](OC(=O)/C=C/c3ccc(O)cc3)[C@]1(C)C[C@H]2O. The maximum atomic E-state index is 12.1. The summed E-state index contributed by atoms with van der Waals surface area (Å²) in [6, 6.07) is 6.62. The molecular weight excluding hydrogens is 292 g/mol. The van der Waals surface area contributed by atoms with Gasteiger partial charge in [0.2, 0.25) is 0 Å². The third-order valence-corrected chi connectivity index (χ3v) is 6.24. The van der Waals surface area contributed by atoms with Crippen LogP contribution in [0.1, 0.15) is 39.2 Å². The molecule has 23 heavy (non-hydrogen) atoms. The molecule has 1 aromatic carbocycles. The largest absolute Gasteiger partial charge is 0.508 e. The quantitative estimate of drug-likeness (QED) is 0.664. The molecule has 2 aliphatic rings. The van der Waals surface area contributed by atoms with Gasteiger partial charge in [-0.05, 0) is 47.9 Å². The van der Waals surface area contributed by atoms with Crippen LogP contribution in [0.4, 0.5) is 0 Å². The molecule has 2 aliphatic carbocycles. The maximum absolute atomic E-state index is 12.1. The summed E-state index contributed by atoms with van der Waals surface area (Å²) < 4.78 is 5.69. The lowest BCUT2D eigenvalue weighted by Gasteiger charge is -2.38. The van der Waals surface area contributed by atoms with Crippen molar-refractivity contribution in [3.8, 4) is 5.75 Å². The summed E-state index contributed by atoms with van der Waals surface area (Å²) in [7, 11) is 0. The summed E-state index contributed by atoms with van der Waals surface area (Å²) >= 11 is 0. The van der Waals surface area contributed by atoms with Crippen LogP contribution in [0, 0.1) is 16.7 Å². The fourth-order valence-electron chi connectivity index (χ4n) is 4.34. The van der Waals surface area contributed by atoms with Crippen molar-refractivity contribution in [1.29, 1.82) is 0 Å². The number of aliphatic hydroxyl groups excluding tert-OH is 1. The number of rotatable bonds is 3. The first-order valence-corrected chi connectivity index (χ1v) is 8.10. The Balaban J connectivity index is 1.66. The molecule has 4 heteroatoms. The number of aliphatic hydroxyl groups is 1. The molecule has 0 unspecified atom stereocenters. The number of carbonyl (C=O) groups excluding carboxylic acids is 1. The summed E-state index contributed by atoms with van der Waals surface area (Å²) in [5.74, 6) is 0.0222. The van der Waals surface area contributed by atoms with E-state index in [9.17, 15) is 15.0 Å². The number of hydrogen-bond donors (Lipinski definition) is 2. The Hall–Kier alpha value is -1.81. The molecule has 2 N–H and O–H groups in total. The number of hydrogen-bond acceptors (Lipinski definition) is 4. The molecule has 0 aromatic heterocycles. The van der Waals surface area contributed by atoms with Gasteiger partial charge in [-0.2, -0.15) is 0 Å². The van der Waals surface area contributed by atoms with Crippen LogP contribution in [-0.4, -0.2) is 28.4 Å². The van der Waals surface area contributed by atoms with Crippen LogP contribution in [0.2, 0.25) is 0 Å². The predicted octanol–water partition coefficient (Wildman–Crippen LogP) is 3.13. The highest BCUT2D eigenvalue weighted by molar-refractivity contribution is 5.87. The van der Waals surface area contributed by atoms with Crippen LogP contribution in [0.25, 0.3) is 6.08 Å². The van der Waals surface area contributed by atoms with Gasteiger partial charge in [-0.25, -0.2) is 4.79 Å². The number of benzene rings is 1. The minimum atomic E-state index is -0.359. The van der Waals surface area contributed by atoms with E-state index < -0.39 is 0 Å². The Morgan fingerprint density at radius 2 is 1.91 bits per heavy atom. The second-order valence-electron chi connectivity index (χ2n) is 7.60. The van der Waals surface area contributed by atoms with Crippen molar-refractivity contribution in [2.24, 2.45) is 16.7 Å². The standard InChI is InChI=1S/C19H24O4/c1-18(2)14-10-16(19(18,3)11-15(14)21)23-17(22)9-6-12-4-7-13(20)8-5-12/h4-9,14-16,20-21H,10-11H2,1-3H3/b9-6+/t14-,15+,16-,19-/m0/s1. The predicted molar refractivity (Wildman–Crippen MR) is 87.6 cm³/mol. The molecule has 0 aliphatic heterocycles. The van der Waals surface area contributed by atoms with Gasteiger partial charge in [0.25, 0.3) is 0 Å². The third kappa shape index (κ3) is 2.55. The van der Waals surface area contributed by atoms with E-state index in [1.165, 1.54) is 6.08 Å². The fourth-order valence-corrected chi connectivity index (χ4v) is 4.34. The van der Waals surface area contributed by atoms with Crippen LogP contribution < -0.4 is 0 Å². The van der Waals surface area contributed by atoms with Crippen molar-refractivity contribution < 1.29 is 19.7 Å². The van der Waals surface area contributed by atoms with E-state index in [2.05, 4.69) is 20.8 Å². The Bertz CT molecular complexity index is 631. The van der Waals surface area contributed by atoms with E-state index in [0.29, 0.717) is 6.42 Å². The highest BCUT2D eigenvalue weighted by Crippen LogP contribution is 2.66. The first-order valence-electron chi connectivity index (χ1n) is 8.10. The second-order valence-corrected chi connectivity index (χ2v) is 7.60. The number of esters is 1. The molecule has 1 aromatic rings. The van der Waals surface area contributed by atoms with Crippen molar-refractivity contribution >= 4 is 12.0 Å². The highest BCUT2D eigenvalue weighted by Gasteiger charge is 2.66. The number of carbonyl (C=O) groups is 1. The molecule has 2 bridgehead atoms. The van der Waals surface area contributed by atoms with Gasteiger partial charge in [0.1, 0.15) is 11.9 Å². The van der Waals surface area contributed by atoms with Gasteiger partial charge in [-0.15, -0.1) is 0 Å². The van der Waals surface area contributed by atoms with Crippen molar-refractivity contribution in [2.45, 2.75) is 45.8 Å². The smallest absolute Gasteiger partial charge is 0.331 e. The Kier molecular flexibility index (Phi) is 3.75. The van der Waals surface area contributed by atoms with Crippen LogP contribution in [0.5, 0.6) is 5.75 Å². The first kappa shape index (κ1) is 16.1. The minimum absolute atomic E-state index is 0.0297. The van der Waals surface area contributed by atoms with E-state index in [0.717, 1.165) is 12.0 Å². The molecule has 0 amide bonds.